The van der Waals surface area contributed by atoms with Crippen molar-refractivity contribution in [2.24, 2.45) is 0 Å². The molecule has 0 saturated carbocycles. The molecule has 120 valence electrons. The molecule has 2 aromatic carbocycles. The van der Waals surface area contributed by atoms with Gasteiger partial charge in [0.05, 0.1) is 31.2 Å². The van der Waals surface area contributed by atoms with E-state index < -0.39 is 11.9 Å². The van der Waals surface area contributed by atoms with Gasteiger partial charge in [-0.15, -0.1) is 0 Å². The topological polar surface area (TPSA) is 61.8 Å². The molecule has 0 bridgehead atoms. The Balaban J connectivity index is 1.91. The third kappa shape index (κ3) is 4.73. The zero-order valence-electron chi connectivity index (χ0n) is 11.0. The van der Waals surface area contributed by atoms with Crippen LogP contribution in [0.5, 0.6) is 0 Å². The van der Waals surface area contributed by atoms with Gasteiger partial charge in [-0.1, -0.05) is 46.4 Å². The van der Waals surface area contributed by atoms with E-state index in [1.54, 1.807) is 0 Å². The van der Waals surface area contributed by atoms with Crippen molar-refractivity contribution in [1.82, 2.24) is 0 Å². The molecule has 0 aliphatic heterocycles. The molecule has 0 aliphatic rings. The van der Waals surface area contributed by atoms with Crippen molar-refractivity contribution in [2.45, 2.75) is 0 Å². The molecule has 0 heterocycles. The second kappa shape index (κ2) is 7.86. The summed E-state index contributed by atoms with van der Waals surface area (Å²) >= 11 is 23.0. The minimum Gasteiger partial charge on any atom is -0.254 e. The zero-order valence-corrected chi connectivity index (χ0v) is 14.0. The number of benzene rings is 2. The van der Waals surface area contributed by atoms with Crippen LogP contribution in [0.25, 0.3) is 0 Å². The molecule has 23 heavy (non-hydrogen) atoms. The Bertz CT molecular complexity index is 699. The van der Waals surface area contributed by atoms with Gasteiger partial charge in [-0.05, 0) is 36.4 Å². The van der Waals surface area contributed by atoms with Crippen LogP contribution in [0.15, 0.2) is 36.4 Å². The largest absolute Gasteiger partial charge is 0.377 e. The molecule has 0 radical (unpaired) electrons. The van der Waals surface area contributed by atoms with Gasteiger partial charge in [0.2, 0.25) is 0 Å². The third-order valence-corrected chi connectivity index (χ3v) is 4.01. The molecule has 0 saturated heterocycles. The molecular formula is C14H6Cl4O5. The zero-order chi connectivity index (χ0) is 17.0. The summed E-state index contributed by atoms with van der Waals surface area (Å²) in [6.07, 6.45) is 0. The highest BCUT2D eigenvalue weighted by atomic mass is 35.5. The van der Waals surface area contributed by atoms with Gasteiger partial charge < -0.3 is 0 Å². The van der Waals surface area contributed by atoms with E-state index in [2.05, 4.69) is 14.8 Å². The van der Waals surface area contributed by atoms with E-state index in [9.17, 15) is 9.59 Å². The van der Waals surface area contributed by atoms with E-state index >= 15 is 0 Å². The van der Waals surface area contributed by atoms with E-state index in [0.717, 1.165) is 0 Å². The summed E-state index contributed by atoms with van der Waals surface area (Å²) in [5.74, 6) is -1.85. The lowest BCUT2D eigenvalue weighted by Gasteiger charge is -2.04. The van der Waals surface area contributed by atoms with Crippen molar-refractivity contribution in [2.75, 3.05) is 0 Å². The smallest absolute Gasteiger partial charge is 0.254 e. The van der Waals surface area contributed by atoms with Crippen LogP contribution in [-0.4, -0.2) is 11.9 Å². The summed E-state index contributed by atoms with van der Waals surface area (Å²) in [7, 11) is 0. The SMILES string of the molecule is O=C(OOOC(=O)c1ccc(Cl)c(Cl)c1)c1ccc(Cl)c(Cl)c1. The minimum absolute atomic E-state index is 0.0602. The van der Waals surface area contributed by atoms with E-state index in [1.807, 2.05) is 0 Å². The Labute approximate surface area is 150 Å². The van der Waals surface area contributed by atoms with Crippen LogP contribution >= 0.6 is 46.4 Å². The number of hydrogen-bond donors (Lipinski definition) is 0. The first-order valence-corrected chi connectivity index (χ1v) is 7.39. The highest BCUT2D eigenvalue weighted by Gasteiger charge is 2.15. The number of carbonyl (C=O) groups is 2. The van der Waals surface area contributed by atoms with Crippen LogP contribution in [0.3, 0.4) is 0 Å². The van der Waals surface area contributed by atoms with Crippen LogP contribution in [0, 0.1) is 0 Å². The first kappa shape index (κ1) is 17.8. The van der Waals surface area contributed by atoms with Crippen LogP contribution in [0.4, 0.5) is 0 Å². The molecule has 9 heteroatoms. The predicted octanol–water partition coefficient (Wildman–Crippen LogP) is 5.16. The van der Waals surface area contributed by atoms with Crippen LogP contribution in [0.1, 0.15) is 20.7 Å². The lowest BCUT2D eigenvalue weighted by Crippen LogP contribution is -2.11. The Morgan fingerprint density at radius 1 is 0.652 bits per heavy atom. The van der Waals surface area contributed by atoms with Gasteiger partial charge in [0.15, 0.2) is 0 Å². The average molecular weight is 396 g/mol. The van der Waals surface area contributed by atoms with Crippen molar-refractivity contribution in [3.8, 4) is 0 Å². The van der Waals surface area contributed by atoms with Gasteiger partial charge in [-0.3, -0.25) is 9.78 Å². The summed E-state index contributed by atoms with van der Waals surface area (Å²) in [5, 5.41) is 5.02. The van der Waals surface area contributed by atoms with Gasteiger partial charge in [0.25, 0.3) is 0 Å². The summed E-state index contributed by atoms with van der Waals surface area (Å²) in [5.41, 5.74) is 0.120. The monoisotopic (exact) mass is 394 g/mol. The van der Waals surface area contributed by atoms with Crippen molar-refractivity contribution < 1.29 is 24.4 Å². The van der Waals surface area contributed by atoms with Gasteiger partial charge in [0, 0.05) is 5.04 Å². The summed E-state index contributed by atoms with van der Waals surface area (Å²) in [6.45, 7) is 0. The number of carbonyl (C=O) groups excluding carboxylic acids is 2. The predicted molar refractivity (Wildman–Crippen MR) is 84.8 cm³/mol. The second-order valence-electron chi connectivity index (χ2n) is 4.07. The lowest BCUT2D eigenvalue weighted by atomic mass is 10.2. The van der Waals surface area contributed by atoms with E-state index in [0.29, 0.717) is 0 Å². The molecule has 0 N–H and O–H groups in total. The summed E-state index contributed by atoms with van der Waals surface area (Å²) in [6, 6.07) is 8.08. The third-order valence-electron chi connectivity index (χ3n) is 2.53. The Kier molecular flexibility index (Phi) is 6.10. The molecule has 0 unspecified atom stereocenters. The van der Waals surface area contributed by atoms with E-state index in [-0.39, 0.29) is 31.2 Å². The molecule has 0 aromatic heterocycles. The van der Waals surface area contributed by atoms with Crippen LogP contribution < -0.4 is 0 Å². The first-order chi connectivity index (χ1) is 10.9. The maximum atomic E-state index is 11.6. The molecule has 0 atom stereocenters. The van der Waals surface area contributed by atoms with Crippen LogP contribution in [0.2, 0.25) is 20.1 Å². The quantitative estimate of drug-likeness (QED) is 0.528. The maximum Gasteiger partial charge on any atom is 0.377 e. The molecule has 2 rings (SSSR count). The standard InChI is InChI=1S/C14H6Cl4O5/c15-9-3-1-7(5-11(9)17)13(19)21-23-22-14(20)8-2-4-10(16)12(18)6-8/h1-6H. The van der Waals surface area contributed by atoms with Crippen molar-refractivity contribution in [3.63, 3.8) is 0 Å². The van der Waals surface area contributed by atoms with Gasteiger partial charge in [-0.25, -0.2) is 9.59 Å². The first-order valence-electron chi connectivity index (χ1n) is 5.88. The fraction of sp³-hybridized carbons (Fsp3) is 0. The molecule has 0 fully saturated rings. The molecule has 2 aromatic rings. The maximum absolute atomic E-state index is 11.6. The van der Waals surface area contributed by atoms with Gasteiger partial charge in [0.1, 0.15) is 0 Å². The normalized spacial score (nSPS) is 10.3. The lowest BCUT2D eigenvalue weighted by molar-refractivity contribution is -0.446. The van der Waals surface area contributed by atoms with E-state index in [4.69, 9.17) is 46.4 Å². The number of hydrogen-bond acceptors (Lipinski definition) is 5. The molecule has 0 spiro atoms. The highest BCUT2D eigenvalue weighted by molar-refractivity contribution is 6.42. The molecular weight excluding hydrogens is 390 g/mol. The number of halogens is 4. The average Bonchev–Trinajstić information content (AvgIpc) is 2.52. The van der Waals surface area contributed by atoms with Crippen LogP contribution in [-0.2, 0) is 14.8 Å². The second-order valence-corrected chi connectivity index (χ2v) is 5.70. The Morgan fingerprint density at radius 3 is 1.39 bits per heavy atom. The Hall–Kier alpha value is -1.50. The molecule has 5 nitrogen and oxygen atoms in total. The van der Waals surface area contributed by atoms with Crippen molar-refractivity contribution in [1.29, 1.82) is 0 Å². The van der Waals surface area contributed by atoms with Crippen molar-refractivity contribution in [3.05, 3.63) is 67.6 Å². The summed E-state index contributed by atoms with van der Waals surface area (Å²) in [4.78, 5) is 31.9. The fourth-order valence-corrected chi connectivity index (χ4v) is 2.02. The van der Waals surface area contributed by atoms with Gasteiger partial charge >= 0.3 is 11.9 Å². The summed E-state index contributed by atoms with van der Waals surface area (Å²) < 4.78 is 0. The Morgan fingerprint density at radius 2 is 1.04 bits per heavy atom. The molecule has 0 amide bonds. The fourth-order valence-electron chi connectivity index (χ4n) is 1.42. The van der Waals surface area contributed by atoms with E-state index in [1.165, 1.54) is 36.4 Å². The van der Waals surface area contributed by atoms with Gasteiger partial charge in [-0.2, -0.15) is 0 Å². The highest BCUT2D eigenvalue weighted by Crippen LogP contribution is 2.24. The minimum atomic E-state index is -0.925. The molecule has 0 aliphatic carbocycles. The van der Waals surface area contributed by atoms with Crippen molar-refractivity contribution >= 4 is 58.3 Å². The number of rotatable bonds is 4.